The molecule has 1 aromatic carbocycles. The molecule has 0 radical (unpaired) electrons. The number of likely N-dealkylation sites (tertiary alicyclic amines) is 1. The molecule has 2 heterocycles. The van der Waals surface area contributed by atoms with Crippen molar-refractivity contribution in [1.29, 1.82) is 0 Å². The third-order valence-electron chi connectivity index (χ3n) is 4.72. The molecule has 1 aliphatic rings. The van der Waals surface area contributed by atoms with Gasteiger partial charge in [-0.2, -0.15) is 0 Å². The first-order chi connectivity index (χ1) is 13.0. The minimum absolute atomic E-state index is 0.00490. The molecule has 9 heteroatoms. The van der Waals surface area contributed by atoms with Crippen molar-refractivity contribution in [3.63, 3.8) is 0 Å². The first kappa shape index (κ1) is 19.8. The topological polar surface area (TPSA) is 84.4 Å². The number of rotatable bonds is 5. The van der Waals surface area contributed by atoms with E-state index in [9.17, 15) is 9.59 Å². The smallest absolute Gasteiger partial charge is 0.267 e. The van der Waals surface area contributed by atoms with Crippen molar-refractivity contribution in [3.8, 4) is 5.75 Å². The lowest BCUT2D eigenvalue weighted by Gasteiger charge is -2.31. The van der Waals surface area contributed by atoms with Gasteiger partial charge in [0.2, 0.25) is 0 Å². The van der Waals surface area contributed by atoms with E-state index in [-0.39, 0.29) is 11.8 Å². The molecule has 1 N–H and O–H groups in total. The van der Waals surface area contributed by atoms with Crippen molar-refractivity contribution >= 4 is 39.3 Å². The fourth-order valence-corrected chi connectivity index (χ4v) is 4.10. The Morgan fingerprint density at radius 2 is 2.11 bits per heavy atom. The average Bonchev–Trinajstić information content (AvgIpc) is 3.12. The van der Waals surface area contributed by atoms with Gasteiger partial charge in [-0.1, -0.05) is 4.49 Å². The summed E-state index contributed by atoms with van der Waals surface area (Å²) in [6.45, 7) is 3.75. The number of carbonyl (C=O) groups excluding carboxylic acids is 2. The SMILES string of the molecule is COc1ccc(Br)c(C(=O)NCC2CCN(C(=O)c3snnc3C)CC2)c1. The highest BCUT2D eigenvalue weighted by molar-refractivity contribution is 9.10. The van der Waals surface area contributed by atoms with Crippen LogP contribution in [0.4, 0.5) is 0 Å². The number of carbonyl (C=O) groups is 2. The number of nitrogens with one attached hydrogen (secondary N) is 1. The molecule has 3 rings (SSSR count). The number of aromatic nitrogens is 2. The summed E-state index contributed by atoms with van der Waals surface area (Å²) in [5.74, 6) is 0.863. The average molecular weight is 453 g/mol. The number of nitrogens with zero attached hydrogens (tertiary/aromatic N) is 3. The Hall–Kier alpha value is -2.00. The van der Waals surface area contributed by atoms with Gasteiger partial charge in [-0.25, -0.2) is 0 Å². The maximum absolute atomic E-state index is 12.5. The summed E-state index contributed by atoms with van der Waals surface area (Å²) < 4.78 is 9.75. The van der Waals surface area contributed by atoms with E-state index in [0.717, 1.165) is 28.8 Å². The minimum Gasteiger partial charge on any atom is -0.497 e. The molecule has 1 fully saturated rings. The highest BCUT2D eigenvalue weighted by Crippen LogP contribution is 2.23. The number of benzene rings is 1. The van der Waals surface area contributed by atoms with Gasteiger partial charge in [0.25, 0.3) is 11.8 Å². The molecule has 2 aromatic rings. The number of methoxy groups -OCH3 is 1. The van der Waals surface area contributed by atoms with E-state index < -0.39 is 0 Å². The highest BCUT2D eigenvalue weighted by atomic mass is 79.9. The second-order valence-corrected chi connectivity index (χ2v) is 8.09. The van der Waals surface area contributed by atoms with E-state index in [2.05, 4.69) is 30.8 Å². The molecule has 144 valence electrons. The second-order valence-electron chi connectivity index (χ2n) is 6.48. The summed E-state index contributed by atoms with van der Waals surface area (Å²) in [6.07, 6.45) is 1.72. The first-order valence-electron chi connectivity index (χ1n) is 8.69. The molecule has 7 nitrogen and oxygen atoms in total. The van der Waals surface area contributed by atoms with Crippen LogP contribution in [-0.4, -0.2) is 53.0 Å². The Balaban J connectivity index is 1.50. The van der Waals surface area contributed by atoms with Gasteiger partial charge in [-0.15, -0.1) is 5.10 Å². The fourth-order valence-electron chi connectivity index (χ4n) is 3.05. The van der Waals surface area contributed by atoms with Gasteiger partial charge in [0.1, 0.15) is 10.6 Å². The van der Waals surface area contributed by atoms with Gasteiger partial charge >= 0.3 is 0 Å². The monoisotopic (exact) mass is 452 g/mol. The van der Waals surface area contributed by atoms with E-state index in [0.29, 0.717) is 47.4 Å². The summed E-state index contributed by atoms with van der Waals surface area (Å²) >= 11 is 4.55. The zero-order valence-corrected chi connectivity index (χ0v) is 17.6. The van der Waals surface area contributed by atoms with Crippen LogP contribution in [0.2, 0.25) is 0 Å². The van der Waals surface area contributed by atoms with Crippen molar-refractivity contribution in [2.75, 3.05) is 26.7 Å². The maximum Gasteiger partial charge on any atom is 0.267 e. The van der Waals surface area contributed by atoms with Crippen molar-refractivity contribution in [2.45, 2.75) is 19.8 Å². The maximum atomic E-state index is 12.5. The van der Waals surface area contributed by atoms with Crippen LogP contribution in [0.3, 0.4) is 0 Å². The zero-order chi connectivity index (χ0) is 19.4. The van der Waals surface area contributed by atoms with Crippen LogP contribution in [0, 0.1) is 12.8 Å². The molecule has 0 aliphatic carbocycles. The van der Waals surface area contributed by atoms with Gasteiger partial charge in [-0.05, 0) is 71.3 Å². The van der Waals surface area contributed by atoms with Crippen LogP contribution in [-0.2, 0) is 0 Å². The second kappa shape index (κ2) is 8.79. The lowest BCUT2D eigenvalue weighted by Crippen LogP contribution is -2.41. The van der Waals surface area contributed by atoms with Crippen LogP contribution in [0.5, 0.6) is 5.75 Å². The van der Waals surface area contributed by atoms with Crippen molar-refractivity contribution < 1.29 is 14.3 Å². The Morgan fingerprint density at radius 1 is 1.37 bits per heavy atom. The molecule has 0 bridgehead atoms. The molecule has 0 spiro atoms. The summed E-state index contributed by atoms with van der Waals surface area (Å²) in [5.41, 5.74) is 1.23. The summed E-state index contributed by atoms with van der Waals surface area (Å²) in [5, 5.41) is 6.90. The Bertz CT molecular complexity index is 834. The largest absolute Gasteiger partial charge is 0.497 e. The number of ether oxygens (including phenoxy) is 1. The van der Waals surface area contributed by atoms with Crippen LogP contribution in [0.1, 0.15) is 38.6 Å². The van der Waals surface area contributed by atoms with Gasteiger partial charge in [0.15, 0.2) is 0 Å². The van der Waals surface area contributed by atoms with Gasteiger partial charge < -0.3 is 15.0 Å². The van der Waals surface area contributed by atoms with E-state index in [1.165, 1.54) is 0 Å². The Morgan fingerprint density at radius 3 is 2.74 bits per heavy atom. The summed E-state index contributed by atoms with van der Waals surface area (Å²) in [6, 6.07) is 5.31. The zero-order valence-electron chi connectivity index (χ0n) is 15.2. The minimum atomic E-state index is -0.134. The number of piperidine rings is 1. The van der Waals surface area contributed by atoms with E-state index in [1.54, 1.807) is 32.2 Å². The lowest BCUT2D eigenvalue weighted by atomic mass is 9.96. The van der Waals surface area contributed by atoms with E-state index in [4.69, 9.17) is 4.74 Å². The molecule has 0 unspecified atom stereocenters. The van der Waals surface area contributed by atoms with Crippen molar-refractivity contribution in [3.05, 3.63) is 38.8 Å². The third kappa shape index (κ3) is 4.65. The van der Waals surface area contributed by atoms with E-state index in [1.807, 2.05) is 4.90 Å². The number of hydrogen-bond donors (Lipinski definition) is 1. The molecule has 1 aliphatic heterocycles. The number of amides is 2. The summed E-state index contributed by atoms with van der Waals surface area (Å²) in [7, 11) is 1.57. The standard InChI is InChI=1S/C18H21BrN4O3S/c1-11-16(27-22-21-11)18(25)23-7-5-12(6-8-23)10-20-17(24)14-9-13(26-2)3-4-15(14)19/h3-4,9,12H,5-8,10H2,1-2H3,(H,20,24). The molecular formula is C18H21BrN4O3S. The normalized spacial score (nSPS) is 14.9. The first-order valence-corrected chi connectivity index (χ1v) is 10.3. The van der Waals surface area contributed by atoms with Crippen LogP contribution < -0.4 is 10.1 Å². The molecule has 0 atom stereocenters. The highest BCUT2D eigenvalue weighted by Gasteiger charge is 2.26. The number of hydrogen-bond acceptors (Lipinski definition) is 6. The van der Waals surface area contributed by atoms with Gasteiger partial charge in [0.05, 0.1) is 18.4 Å². The predicted octanol–water partition coefficient (Wildman–Crippen LogP) is 2.90. The number of halogens is 1. The molecule has 0 saturated carbocycles. The molecule has 2 amide bonds. The molecule has 1 saturated heterocycles. The Kier molecular flexibility index (Phi) is 6.43. The molecule has 27 heavy (non-hydrogen) atoms. The fraction of sp³-hybridized carbons (Fsp3) is 0.444. The van der Waals surface area contributed by atoms with Crippen LogP contribution in [0.15, 0.2) is 22.7 Å². The van der Waals surface area contributed by atoms with Crippen molar-refractivity contribution in [1.82, 2.24) is 19.8 Å². The van der Waals surface area contributed by atoms with Crippen molar-refractivity contribution in [2.24, 2.45) is 5.92 Å². The van der Waals surface area contributed by atoms with Gasteiger partial charge in [-0.3, -0.25) is 9.59 Å². The van der Waals surface area contributed by atoms with Crippen LogP contribution >= 0.6 is 27.5 Å². The summed E-state index contributed by atoms with van der Waals surface area (Å²) in [4.78, 5) is 27.4. The molecular weight excluding hydrogens is 432 g/mol. The van der Waals surface area contributed by atoms with Gasteiger partial charge in [0, 0.05) is 24.1 Å². The number of aryl methyl sites for hydroxylation is 1. The third-order valence-corrected chi connectivity index (χ3v) is 6.22. The Labute approximate surface area is 170 Å². The van der Waals surface area contributed by atoms with Crippen LogP contribution in [0.25, 0.3) is 0 Å². The quantitative estimate of drug-likeness (QED) is 0.753. The predicted molar refractivity (Wildman–Crippen MR) is 106 cm³/mol. The molecule has 1 aromatic heterocycles. The lowest BCUT2D eigenvalue weighted by molar-refractivity contribution is 0.0688. The van der Waals surface area contributed by atoms with E-state index >= 15 is 0 Å².